The van der Waals surface area contributed by atoms with Gasteiger partial charge >= 0.3 is 0 Å². The Labute approximate surface area is 89.9 Å². The molecule has 1 heterocycles. The van der Waals surface area contributed by atoms with Gasteiger partial charge in [-0.1, -0.05) is 0 Å². The first kappa shape index (κ1) is 9.40. The maximum atomic E-state index is 10.7. The molecular formula is C10H9BrN2O. The van der Waals surface area contributed by atoms with Gasteiger partial charge in [-0.3, -0.25) is 4.79 Å². The molecule has 72 valence electrons. The van der Waals surface area contributed by atoms with E-state index in [4.69, 9.17) is 0 Å². The summed E-state index contributed by atoms with van der Waals surface area (Å²) in [5, 5.41) is 0. The third-order valence-corrected chi connectivity index (χ3v) is 2.83. The molecule has 1 aromatic heterocycles. The third-order valence-electron chi connectivity index (χ3n) is 2.22. The zero-order valence-electron chi connectivity index (χ0n) is 7.91. The molecular weight excluding hydrogens is 244 g/mol. The van der Waals surface area contributed by atoms with Crippen LogP contribution in [0.2, 0.25) is 0 Å². The molecule has 1 aromatic carbocycles. The van der Waals surface area contributed by atoms with Gasteiger partial charge in [-0.05, 0) is 40.5 Å². The fourth-order valence-corrected chi connectivity index (χ4v) is 2.15. The fourth-order valence-electron chi connectivity index (χ4n) is 1.50. The molecule has 2 rings (SSSR count). The number of halogens is 1. The van der Waals surface area contributed by atoms with Gasteiger partial charge in [-0.15, -0.1) is 0 Å². The molecule has 0 amide bonds. The standard InChI is InChI=1S/C10H9BrN2O/c1-6-3-7(11)10-8(4-6)13(2)9(5-14)12-10/h3-5H,1-2H3. The number of hydrogen-bond donors (Lipinski definition) is 0. The summed E-state index contributed by atoms with van der Waals surface area (Å²) in [6.45, 7) is 2.01. The number of benzene rings is 1. The minimum Gasteiger partial charge on any atom is -0.325 e. The van der Waals surface area contributed by atoms with E-state index in [0.717, 1.165) is 27.4 Å². The van der Waals surface area contributed by atoms with Crippen molar-refractivity contribution in [2.24, 2.45) is 7.05 Å². The number of fused-ring (bicyclic) bond motifs is 1. The Kier molecular flexibility index (Phi) is 2.15. The topological polar surface area (TPSA) is 34.9 Å². The van der Waals surface area contributed by atoms with Crippen molar-refractivity contribution in [3.8, 4) is 0 Å². The molecule has 0 N–H and O–H groups in total. The fraction of sp³-hybridized carbons (Fsp3) is 0.200. The highest BCUT2D eigenvalue weighted by Gasteiger charge is 2.09. The predicted molar refractivity (Wildman–Crippen MR) is 58.5 cm³/mol. The van der Waals surface area contributed by atoms with Crippen LogP contribution in [0.5, 0.6) is 0 Å². The molecule has 0 unspecified atom stereocenters. The second-order valence-corrected chi connectivity index (χ2v) is 4.12. The van der Waals surface area contributed by atoms with Crippen LogP contribution in [0.15, 0.2) is 16.6 Å². The van der Waals surface area contributed by atoms with Crippen LogP contribution in [0.25, 0.3) is 11.0 Å². The summed E-state index contributed by atoms with van der Waals surface area (Å²) in [5.41, 5.74) is 2.95. The maximum absolute atomic E-state index is 10.7. The van der Waals surface area contributed by atoms with Crippen molar-refractivity contribution in [3.05, 3.63) is 28.0 Å². The van der Waals surface area contributed by atoms with Gasteiger partial charge in [0.15, 0.2) is 12.1 Å². The molecule has 0 fully saturated rings. The largest absolute Gasteiger partial charge is 0.325 e. The molecule has 0 saturated carbocycles. The van der Waals surface area contributed by atoms with Gasteiger partial charge in [0.05, 0.1) is 5.52 Å². The zero-order chi connectivity index (χ0) is 10.3. The van der Waals surface area contributed by atoms with Crippen LogP contribution in [0.1, 0.15) is 16.2 Å². The summed E-state index contributed by atoms with van der Waals surface area (Å²) in [7, 11) is 1.84. The molecule has 0 spiro atoms. The van der Waals surface area contributed by atoms with Gasteiger partial charge in [0, 0.05) is 11.5 Å². The lowest BCUT2D eigenvalue weighted by Gasteiger charge is -1.98. The molecule has 0 saturated heterocycles. The molecule has 0 aliphatic heterocycles. The molecule has 0 aliphatic rings. The molecule has 14 heavy (non-hydrogen) atoms. The number of carbonyl (C=O) groups excluding carboxylic acids is 1. The van der Waals surface area contributed by atoms with Crippen LogP contribution in [0.4, 0.5) is 0 Å². The summed E-state index contributed by atoms with van der Waals surface area (Å²) in [6.07, 6.45) is 0.766. The zero-order valence-corrected chi connectivity index (χ0v) is 9.50. The van der Waals surface area contributed by atoms with Crippen molar-refractivity contribution in [3.63, 3.8) is 0 Å². The lowest BCUT2D eigenvalue weighted by atomic mass is 10.2. The molecule has 0 aliphatic carbocycles. The molecule has 0 bridgehead atoms. The Morgan fingerprint density at radius 1 is 1.50 bits per heavy atom. The summed E-state index contributed by atoms with van der Waals surface area (Å²) < 4.78 is 2.72. The number of aromatic nitrogens is 2. The highest BCUT2D eigenvalue weighted by Crippen LogP contribution is 2.25. The lowest BCUT2D eigenvalue weighted by molar-refractivity contribution is 0.111. The van der Waals surface area contributed by atoms with Crippen molar-refractivity contribution < 1.29 is 4.79 Å². The van der Waals surface area contributed by atoms with E-state index in [1.54, 1.807) is 4.57 Å². The second-order valence-electron chi connectivity index (χ2n) is 3.26. The molecule has 3 nitrogen and oxygen atoms in total. The SMILES string of the molecule is Cc1cc(Br)c2nc(C=O)n(C)c2c1. The smallest absolute Gasteiger partial charge is 0.185 e. The molecule has 2 aromatic rings. The van der Waals surface area contributed by atoms with Crippen molar-refractivity contribution in [1.82, 2.24) is 9.55 Å². The van der Waals surface area contributed by atoms with Crippen LogP contribution in [0.3, 0.4) is 0 Å². The average molecular weight is 253 g/mol. The molecule has 0 radical (unpaired) electrons. The van der Waals surface area contributed by atoms with E-state index in [2.05, 4.69) is 20.9 Å². The van der Waals surface area contributed by atoms with E-state index in [1.807, 2.05) is 26.1 Å². The monoisotopic (exact) mass is 252 g/mol. The van der Waals surface area contributed by atoms with Crippen molar-refractivity contribution in [2.75, 3.05) is 0 Å². The van der Waals surface area contributed by atoms with Crippen molar-refractivity contribution >= 4 is 33.2 Å². The van der Waals surface area contributed by atoms with Gasteiger partial charge in [0.2, 0.25) is 0 Å². The Morgan fingerprint density at radius 2 is 2.21 bits per heavy atom. The third kappa shape index (κ3) is 1.26. The highest BCUT2D eigenvalue weighted by molar-refractivity contribution is 9.10. The first-order chi connectivity index (χ1) is 6.63. The Morgan fingerprint density at radius 3 is 2.86 bits per heavy atom. The van der Waals surface area contributed by atoms with Crippen LogP contribution in [0, 0.1) is 6.92 Å². The van der Waals surface area contributed by atoms with E-state index >= 15 is 0 Å². The molecule has 4 heteroatoms. The number of nitrogens with zero attached hydrogens (tertiary/aromatic N) is 2. The van der Waals surface area contributed by atoms with Crippen LogP contribution < -0.4 is 0 Å². The maximum Gasteiger partial charge on any atom is 0.185 e. The first-order valence-electron chi connectivity index (χ1n) is 4.21. The number of imidazole rings is 1. The van der Waals surface area contributed by atoms with Gasteiger partial charge in [-0.2, -0.15) is 0 Å². The van der Waals surface area contributed by atoms with Gasteiger partial charge in [0.1, 0.15) is 5.52 Å². The van der Waals surface area contributed by atoms with E-state index in [-0.39, 0.29) is 0 Å². The molecule has 0 atom stereocenters. The number of carbonyl (C=O) groups is 1. The van der Waals surface area contributed by atoms with Crippen molar-refractivity contribution in [1.29, 1.82) is 0 Å². The number of aryl methyl sites for hydroxylation is 2. The quantitative estimate of drug-likeness (QED) is 0.731. The lowest BCUT2D eigenvalue weighted by Crippen LogP contribution is -1.94. The van der Waals surface area contributed by atoms with E-state index < -0.39 is 0 Å². The number of rotatable bonds is 1. The summed E-state index contributed by atoms with van der Waals surface area (Å²) in [4.78, 5) is 14.9. The minimum atomic E-state index is 0.450. The number of hydrogen-bond acceptors (Lipinski definition) is 2. The summed E-state index contributed by atoms with van der Waals surface area (Å²) in [6, 6.07) is 4.00. The van der Waals surface area contributed by atoms with Crippen LogP contribution in [-0.4, -0.2) is 15.8 Å². The van der Waals surface area contributed by atoms with Crippen LogP contribution >= 0.6 is 15.9 Å². The summed E-state index contributed by atoms with van der Waals surface area (Å²) in [5.74, 6) is 0.450. The first-order valence-corrected chi connectivity index (χ1v) is 5.00. The van der Waals surface area contributed by atoms with E-state index in [0.29, 0.717) is 5.82 Å². The summed E-state index contributed by atoms with van der Waals surface area (Å²) >= 11 is 3.43. The van der Waals surface area contributed by atoms with Gasteiger partial charge < -0.3 is 4.57 Å². The second kappa shape index (κ2) is 3.20. The Balaban J connectivity index is 2.91. The number of aldehydes is 1. The van der Waals surface area contributed by atoms with E-state index in [9.17, 15) is 4.79 Å². The van der Waals surface area contributed by atoms with E-state index in [1.165, 1.54) is 0 Å². The predicted octanol–water partition coefficient (Wildman–Crippen LogP) is 2.46. The van der Waals surface area contributed by atoms with Gasteiger partial charge in [-0.25, -0.2) is 4.98 Å². The normalized spacial score (nSPS) is 10.8. The van der Waals surface area contributed by atoms with Crippen LogP contribution in [-0.2, 0) is 7.05 Å². The average Bonchev–Trinajstić information content (AvgIpc) is 2.44. The minimum absolute atomic E-state index is 0.450. The van der Waals surface area contributed by atoms with Gasteiger partial charge in [0.25, 0.3) is 0 Å². The Hall–Kier alpha value is -1.16. The Bertz CT molecular complexity index is 516. The highest BCUT2D eigenvalue weighted by atomic mass is 79.9. The van der Waals surface area contributed by atoms with Crippen molar-refractivity contribution in [2.45, 2.75) is 6.92 Å².